The lowest BCUT2D eigenvalue weighted by Crippen LogP contribution is -2.49. The summed E-state index contributed by atoms with van der Waals surface area (Å²) in [6, 6.07) is 6.19. The molecule has 1 aliphatic heterocycles. The van der Waals surface area contributed by atoms with E-state index >= 15 is 0 Å². The number of hydrogen-bond acceptors (Lipinski definition) is 5. The molecule has 3 aromatic heterocycles. The average molecular weight is 410 g/mol. The van der Waals surface area contributed by atoms with Crippen LogP contribution in [-0.2, 0) is 12.8 Å². The maximum atomic E-state index is 13.1. The highest BCUT2D eigenvalue weighted by Gasteiger charge is 2.27. The van der Waals surface area contributed by atoms with Crippen LogP contribution in [0.4, 0.5) is 5.82 Å². The minimum atomic E-state index is 0.203. The summed E-state index contributed by atoms with van der Waals surface area (Å²) in [4.78, 5) is 24.0. The molecule has 0 radical (unpaired) electrons. The molecule has 0 unspecified atom stereocenters. The van der Waals surface area contributed by atoms with Crippen LogP contribution in [0.5, 0.6) is 0 Å². The summed E-state index contributed by atoms with van der Waals surface area (Å²) in [5.41, 5.74) is 2.28. The van der Waals surface area contributed by atoms with Crippen LogP contribution < -0.4 is 4.90 Å². The molecule has 3 aromatic rings. The van der Waals surface area contributed by atoms with Gasteiger partial charge in [0.05, 0.1) is 4.88 Å². The van der Waals surface area contributed by atoms with Gasteiger partial charge in [-0.3, -0.25) is 4.79 Å². The normalized spacial score (nSPS) is 19.6. The lowest BCUT2D eigenvalue weighted by Gasteiger charge is -2.35. The van der Waals surface area contributed by atoms with Gasteiger partial charge in [0, 0.05) is 43.4 Å². The van der Waals surface area contributed by atoms with Crippen molar-refractivity contribution in [1.82, 2.24) is 19.5 Å². The Bertz CT molecular complexity index is 1020. The molecule has 0 spiro atoms. The molecule has 0 bridgehead atoms. The van der Waals surface area contributed by atoms with Crippen molar-refractivity contribution in [2.45, 2.75) is 39.0 Å². The zero-order valence-electron chi connectivity index (χ0n) is 16.9. The Balaban J connectivity index is 1.23. The van der Waals surface area contributed by atoms with Gasteiger partial charge < -0.3 is 9.80 Å². The summed E-state index contributed by atoms with van der Waals surface area (Å²) in [5, 5.41) is 4.63. The van der Waals surface area contributed by atoms with Gasteiger partial charge in [0.2, 0.25) is 0 Å². The fourth-order valence-electron chi connectivity index (χ4n) is 4.63. The number of carbonyl (C=O) groups excluding carboxylic acids is 1. The Morgan fingerprint density at radius 2 is 2.10 bits per heavy atom. The number of thiophene rings is 1. The van der Waals surface area contributed by atoms with E-state index in [0.717, 1.165) is 61.3 Å². The van der Waals surface area contributed by atoms with Gasteiger partial charge in [0.25, 0.3) is 5.91 Å². The van der Waals surface area contributed by atoms with Gasteiger partial charge in [-0.15, -0.1) is 16.4 Å². The van der Waals surface area contributed by atoms with Crippen LogP contribution in [0, 0.1) is 5.92 Å². The average Bonchev–Trinajstić information content (AvgIpc) is 3.39. The van der Waals surface area contributed by atoms with Crippen LogP contribution in [-0.4, -0.2) is 51.6 Å². The minimum Gasteiger partial charge on any atom is -0.352 e. The lowest BCUT2D eigenvalue weighted by molar-refractivity contribution is 0.0751. The summed E-state index contributed by atoms with van der Waals surface area (Å²) >= 11 is 1.73. The monoisotopic (exact) mass is 409 g/mol. The molecule has 0 N–H and O–H groups in total. The van der Waals surface area contributed by atoms with E-state index in [4.69, 9.17) is 0 Å². The second-order valence-corrected chi connectivity index (χ2v) is 9.29. The first-order valence-electron chi connectivity index (χ1n) is 10.7. The van der Waals surface area contributed by atoms with Gasteiger partial charge in [0.1, 0.15) is 5.82 Å². The van der Waals surface area contributed by atoms with Crippen molar-refractivity contribution in [3.63, 3.8) is 0 Å². The van der Waals surface area contributed by atoms with Gasteiger partial charge in [0.15, 0.2) is 5.65 Å². The number of amides is 1. The molecule has 2 aliphatic rings. The number of anilines is 1. The van der Waals surface area contributed by atoms with Crippen LogP contribution in [0.25, 0.3) is 5.65 Å². The van der Waals surface area contributed by atoms with E-state index in [-0.39, 0.29) is 5.91 Å². The summed E-state index contributed by atoms with van der Waals surface area (Å²) in [6.45, 7) is 5.36. The molecule has 0 saturated carbocycles. The fraction of sp³-hybridized carbons (Fsp3) is 0.500. The molecular formula is C22H27N5OS. The first kappa shape index (κ1) is 18.6. The molecule has 7 heteroatoms. The van der Waals surface area contributed by atoms with Crippen LogP contribution in [0.15, 0.2) is 30.6 Å². The highest BCUT2D eigenvalue weighted by atomic mass is 32.1. The second-order valence-electron chi connectivity index (χ2n) is 8.16. The Morgan fingerprint density at radius 1 is 1.24 bits per heavy atom. The molecular weight excluding hydrogens is 382 g/mol. The first-order valence-corrected chi connectivity index (χ1v) is 11.5. The predicted octanol–water partition coefficient (Wildman–Crippen LogP) is 3.66. The fourth-order valence-corrected chi connectivity index (χ4v) is 5.80. The Kier molecular flexibility index (Phi) is 4.99. The maximum Gasteiger partial charge on any atom is 0.264 e. The first-order chi connectivity index (χ1) is 14.2. The quantitative estimate of drug-likeness (QED) is 0.660. The van der Waals surface area contributed by atoms with E-state index in [2.05, 4.69) is 28.0 Å². The van der Waals surface area contributed by atoms with E-state index in [1.165, 1.54) is 29.7 Å². The smallest absolute Gasteiger partial charge is 0.264 e. The van der Waals surface area contributed by atoms with Crippen molar-refractivity contribution in [2.24, 2.45) is 5.92 Å². The highest BCUT2D eigenvalue weighted by Crippen LogP contribution is 2.34. The zero-order chi connectivity index (χ0) is 19.8. The summed E-state index contributed by atoms with van der Waals surface area (Å²) in [6.07, 6.45) is 9.76. The van der Waals surface area contributed by atoms with E-state index in [1.807, 2.05) is 23.2 Å². The molecule has 29 heavy (non-hydrogen) atoms. The predicted molar refractivity (Wildman–Crippen MR) is 116 cm³/mol. The number of imidazole rings is 1. The third-order valence-corrected chi connectivity index (χ3v) is 7.45. The number of aryl methyl sites for hydroxylation is 1. The molecule has 4 heterocycles. The molecule has 5 rings (SSSR count). The van der Waals surface area contributed by atoms with Crippen LogP contribution in [0.1, 0.15) is 46.3 Å². The molecule has 1 amide bonds. The third-order valence-electron chi connectivity index (χ3n) is 6.22. The summed E-state index contributed by atoms with van der Waals surface area (Å²) in [7, 11) is 0. The number of fused-ring (bicyclic) bond motifs is 2. The molecule has 1 fully saturated rings. The largest absolute Gasteiger partial charge is 0.352 e. The molecule has 6 nitrogen and oxygen atoms in total. The van der Waals surface area contributed by atoms with Crippen molar-refractivity contribution >= 4 is 28.7 Å². The maximum absolute atomic E-state index is 13.1. The number of piperazine rings is 1. The standard InChI is InChI=1S/C22H27N5OS/c1-2-3-16-4-5-18-17(14-16)15-19(29-18)22(28)26-12-10-25(11-13-26)21-7-6-20-23-8-9-27(20)24-21/h6-9,15-16H,2-5,10-14H2,1H3/t16-/m1/s1. The van der Waals surface area contributed by atoms with E-state index < -0.39 is 0 Å². The van der Waals surface area contributed by atoms with Gasteiger partial charge in [-0.25, -0.2) is 9.50 Å². The van der Waals surface area contributed by atoms with Crippen LogP contribution >= 0.6 is 11.3 Å². The molecule has 0 aromatic carbocycles. The molecule has 1 atom stereocenters. The van der Waals surface area contributed by atoms with E-state index in [1.54, 1.807) is 22.0 Å². The third kappa shape index (κ3) is 3.64. The topological polar surface area (TPSA) is 53.7 Å². The number of hydrogen-bond donors (Lipinski definition) is 0. The number of aromatic nitrogens is 3. The highest BCUT2D eigenvalue weighted by molar-refractivity contribution is 7.14. The summed E-state index contributed by atoms with van der Waals surface area (Å²) < 4.78 is 1.80. The van der Waals surface area contributed by atoms with Crippen molar-refractivity contribution in [2.75, 3.05) is 31.1 Å². The number of carbonyl (C=O) groups is 1. The minimum absolute atomic E-state index is 0.203. The molecule has 152 valence electrons. The molecule has 1 aliphatic carbocycles. The zero-order valence-corrected chi connectivity index (χ0v) is 17.7. The Hall–Kier alpha value is -2.41. The van der Waals surface area contributed by atoms with Crippen molar-refractivity contribution < 1.29 is 4.79 Å². The van der Waals surface area contributed by atoms with Crippen molar-refractivity contribution in [3.8, 4) is 0 Å². The van der Waals surface area contributed by atoms with Crippen LogP contribution in [0.2, 0.25) is 0 Å². The van der Waals surface area contributed by atoms with Gasteiger partial charge in [-0.1, -0.05) is 19.8 Å². The lowest BCUT2D eigenvalue weighted by atomic mass is 9.85. The van der Waals surface area contributed by atoms with E-state index in [0.29, 0.717) is 0 Å². The van der Waals surface area contributed by atoms with Gasteiger partial charge in [-0.05, 0) is 48.9 Å². The van der Waals surface area contributed by atoms with Crippen molar-refractivity contribution in [3.05, 3.63) is 45.9 Å². The van der Waals surface area contributed by atoms with Gasteiger partial charge in [-0.2, -0.15) is 0 Å². The molecule has 1 saturated heterocycles. The summed E-state index contributed by atoms with van der Waals surface area (Å²) in [5.74, 6) is 1.94. The second kappa shape index (κ2) is 7.78. The van der Waals surface area contributed by atoms with E-state index in [9.17, 15) is 4.79 Å². The number of nitrogens with zero attached hydrogens (tertiary/aromatic N) is 5. The van der Waals surface area contributed by atoms with Crippen molar-refractivity contribution in [1.29, 1.82) is 0 Å². The Labute approximate surface area is 175 Å². The number of rotatable bonds is 4. The SMILES string of the molecule is CCC[C@@H]1CCc2sc(C(=O)N3CCN(c4ccc5nccn5n4)CC3)cc2C1. The Morgan fingerprint density at radius 3 is 2.93 bits per heavy atom. The van der Waals surface area contributed by atoms with Gasteiger partial charge >= 0.3 is 0 Å². The van der Waals surface area contributed by atoms with Crippen LogP contribution in [0.3, 0.4) is 0 Å².